The summed E-state index contributed by atoms with van der Waals surface area (Å²) in [5, 5.41) is 3.49. The molecule has 3 nitrogen and oxygen atoms in total. The number of hydrogen-bond acceptors (Lipinski definition) is 3. The fraction of sp³-hybridized carbons (Fsp3) is 0.917. The summed E-state index contributed by atoms with van der Waals surface area (Å²) in [6, 6.07) is 0. The third-order valence-corrected chi connectivity index (χ3v) is 4.89. The molecule has 2 rings (SSSR count). The van der Waals surface area contributed by atoms with Gasteiger partial charge in [-0.15, -0.1) is 11.8 Å². The fourth-order valence-corrected chi connectivity index (χ4v) is 3.94. The summed E-state index contributed by atoms with van der Waals surface area (Å²) in [4.78, 5) is 14.3. The lowest BCUT2D eigenvalue weighted by atomic mass is 9.97. The maximum absolute atomic E-state index is 12.2. The monoisotopic (exact) mass is 242 g/mol. The number of thioether (sulfide) groups is 1. The Morgan fingerprint density at radius 3 is 3.00 bits per heavy atom. The van der Waals surface area contributed by atoms with E-state index in [2.05, 4.69) is 10.2 Å². The molecule has 0 radical (unpaired) electrons. The van der Waals surface area contributed by atoms with Gasteiger partial charge in [0.05, 0.1) is 5.25 Å². The van der Waals surface area contributed by atoms with Crippen LogP contribution < -0.4 is 5.32 Å². The Morgan fingerprint density at radius 2 is 2.31 bits per heavy atom. The summed E-state index contributed by atoms with van der Waals surface area (Å²) in [6.45, 7) is 2.99. The van der Waals surface area contributed by atoms with E-state index in [1.54, 1.807) is 0 Å². The van der Waals surface area contributed by atoms with Crippen LogP contribution in [-0.2, 0) is 4.79 Å². The average Bonchev–Trinajstić information content (AvgIpc) is 2.82. The fourth-order valence-electron chi connectivity index (χ4n) is 2.70. The van der Waals surface area contributed by atoms with E-state index in [1.807, 2.05) is 18.8 Å². The number of rotatable bonds is 3. The first-order valence-electron chi connectivity index (χ1n) is 6.36. The molecule has 1 amide bonds. The molecule has 92 valence electrons. The van der Waals surface area contributed by atoms with Crippen molar-refractivity contribution in [3.63, 3.8) is 0 Å². The van der Waals surface area contributed by atoms with Crippen LogP contribution in [0.2, 0.25) is 0 Å². The van der Waals surface area contributed by atoms with Crippen molar-refractivity contribution in [1.29, 1.82) is 0 Å². The van der Waals surface area contributed by atoms with Gasteiger partial charge in [-0.3, -0.25) is 4.79 Å². The molecule has 2 heterocycles. The first-order valence-corrected chi connectivity index (χ1v) is 7.41. The van der Waals surface area contributed by atoms with E-state index in [-0.39, 0.29) is 5.25 Å². The lowest BCUT2D eigenvalue weighted by molar-refractivity contribution is -0.132. The van der Waals surface area contributed by atoms with Gasteiger partial charge in [-0.25, -0.2) is 0 Å². The number of amides is 1. The average molecular weight is 242 g/mol. The van der Waals surface area contributed by atoms with Gasteiger partial charge in [-0.2, -0.15) is 0 Å². The number of nitrogens with one attached hydrogen (secondary N) is 1. The molecule has 4 heteroatoms. The number of hydrogen-bond donors (Lipinski definition) is 1. The van der Waals surface area contributed by atoms with Crippen LogP contribution in [-0.4, -0.2) is 48.5 Å². The van der Waals surface area contributed by atoms with Gasteiger partial charge in [0, 0.05) is 13.1 Å². The highest BCUT2D eigenvalue weighted by Gasteiger charge is 2.30. The number of piperidine rings is 1. The second kappa shape index (κ2) is 5.92. The molecule has 2 aliphatic heterocycles. The summed E-state index contributed by atoms with van der Waals surface area (Å²) in [7, 11) is 1.99. The predicted octanol–water partition coefficient (Wildman–Crippen LogP) is 1.34. The highest BCUT2D eigenvalue weighted by atomic mass is 32.2. The van der Waals surface area contributed by atoms with Crippen molar-refractivity contribution in [2.75, 3.05) is 32.4 Å². The summed E-state index contributed by atoms with van der Waals surface area (Å²) in [5.74, 6) is 2.24. The third-order valence-electron chi connectivity index (χ3n) is 3.53. The lowest BCUT2D eigenvalue weighted by Gasteiger charge is -2.34. The van der Waals surface area contributed by atoms with Gasteiger partial charge in [0.25, 0.3) is 0 Å². The van der Waals surface area contributed by atoms with Crippen LogP contribution in [0.5, 0.6) is 0 Å². The maximum Gasteiger partial charge on any atom is 0.235 e. The number of carbonyl (C=O) groups is 1. The Kier molecular flexibility index (Phi) is 4.53. The van der Waals surface area contributed by atoms with Crippen molar-refractivity contribution >= 4 is 17.7 Å². The van der Waals surface area contributed by atoms with Crippen molar-refractivity contribution < 1.29 is 4.79 Å². The van der Waals surface area contributed by atoms with Crippen LogP contribution in [0.15, 0.2) is 0 Å². The zero-order valence-electron chi connectivity index (χ0n) is 10.1. The molecule has 2 aliphatic rings. The Labute approximate surface area is 102 Å². The van der Waals surface area contributed by atoms with Crippen LogP contribution >= 0.6 is 11.8 Å². The van der Waals surface area contributed by atoms with E-state index in [0.717, 1.165) is 26.1 Å². The molecule has 2 atom stereocenters. The van der Waals surface area contributed by atoms with E-state index in [9.17, 15) is 4.79 Å². The SMILES string of the molecule is CNCC1CCCN(C(=O)C2CCCS2)C1. The Bertz CT molecular complexity index is 239. The summed E-state index contributed by atoms with van der Waals surface area (Å²) in [5.41, 5.74) is 0. The van der Waals surface area contributed by atoms with Gasteiger partial charge in [0.15, 0.2) is 0 Å². The van der Waals surface area contributed by atoms with Gasteiger partial charge >= 0.3 is 0 Å². The summed E-state index contributed by atoms with van der Waals surface area (Å²) in [6.07, 6.45) is 4.75. The minimum Gasteiger partial charge on any atom is -0.341 e. The van der Waals surface area contributed by atoms with E-state index >= 15 is 0 Å². The van der Waals surface area contributed by atoms with Crippen LogP contribution in [0.25, 0.3) is 0 Å². The van der Waals surface area contributed by atoms with Gasteiger partial charge in [0.1, 0.15) is 0 Å². The van der Waals surface area contributed by atoms with Crippen molar-refractivity contribution in [2.45, 2.75) is 30.9 Å². The molecular weight excluding hydrogens is 220 g/mol. The molecule has 1 N–H and O–H groups in total. The maximum atomic E-state index is 12.2. The molecule has 0 spiro atoms. The highest BCUT2D eigenvalue weighted by Crippen LogP contribution is 2.29. The van der Waals surface area contributed by atoms with Crippen molar-refractivity contribution in [3.05, 3.63) is 0 Å². The standard InChI is InChI=1S/C12H22N2OS/c1-13-8-10-4-2-6-14(9-10)12(15)11-5-3-7-16-11/h10-11,13H,2-9H2,1H3. The van der Waals surface area contributed by atoms with Gasteiger partial charge in [-0.05, 0) is 50.9 Å². The normalized spacial score (nSPS) is 30.7. The molecule has 0 bridgehead atoms. The molecule has 0 aromatic rings. The molecule has 0 aromatic heterocycles. The van der Waals surface area contributed by atoms with Gasteiger partial charge < -0.3 is 10.2 Å². The van der Waals surface area contributed by atoms with Crippen molar-refractivity contribution in [2.24, 2.45) is 5.92 Å². The Morgan fingerprint density at radius 1 is 1.44 bits per heavy atom. The minimum atomic E-state index is 0.272. The molecule has 0 saturated carbocycles. The zero-order chi connectivity index (χ0) is 11.4. The van der Waals surface area contributed by atoms with Gasteiger partial charge in [-0.1, -0.05) is 0 Å². The minimum absolute atomic E-state index is 0.272. The van der Waals surface area contributed by atoms with Gasteiger partial charge in [0.2, 0.25) is 5.91 Å². The van der Waals surface area contributed by atoms with E-state index in [0.29, 0.717) is 11.8 Å². The van der Waals surface area contributed by atoms with Crippen LogP contribution in [0, 0.1) is 5.92 Å². The molecule has 2 unspecified atom stereocenters. The molecule has 2 saturated heterocycles. The topological polar surface area (TPSA) is 32.3 Å². The molecular formula is C12H22N2OS. The lowest BCUT2D eigenvalue weighted by Crippen LogP contribution is -2.45. The molecule has 16 heavy (non-hydrogen) atoms. The summed E-state index contributed by atoms with van der Waals surface area (Å²) >= 11 is 1.85. The predicted molar refractivity (Wildman–Crippen MR) is 68.7 cm³/mol. The first-order chi connectivity index (χ1) is 7.81. The van der Waals surface area contributed by atoms with Crippen LogP contribution in [0.3, 0.4) is 0 Å². The number of likely N-dealkylation sites (tertiary alicyclic amines) is 1. The largest absolute Gasteiger partial charge is 0.341 e. The summed E-state index contributed by atoms with van der Waals surface area (Å²) < 4.78 is 0. The smallest absolute Gasteiger partial charge is 0.235 e. The molecule has 0 aromatic carbocycles. The molecule has 2 fully saturated rings. The highest BCUT2D eigenvalue weighted by molar-refractivity contribution is 8.00. The van der Waals surface area contributed by atoms with E-state index in [1.165, 1.54) is 25.0 Å². The quantitative estimate of drug-likeness (QED) is 0.810. The number of nitrogens with zero attached hydrogens (tertiary/aromatic N) is 1. The van der Waals surface area contributed by atoms with Crippen LogP contribution in [0.4, 0.5) is 0 Å². The third kappa shape index (κ3) is 2.92. The second-order valence-electron chi connectivity index (χ2n) is 4.85. The zero-order valence-corrected chi connectivity index (χ0v) is 10.9. The number of carbonyl (C=O) groups excluding carboxylic acids is 1. The van der Waals surface area contributed by atoms with Crippen molar-refractivity contribution in [1.82, 2.24) is 10.2 Å². The Balaban J connectivity index is 1.85. The van der Waals surface area contributed by atoms with Crippen LogP contribution in [0.1, 0.15) is 25.7 Å². The Hall–Kier alpha value is -0.220. The second-order valence-corrected chi connectivity index (χ2v) is 6.16. The molecule has 0 aliphatic carbocycles. The van der Waals surface area contributed by atoms with E-state index < -0.39 is 0 Å². The van der Waals surface area contributed by atoms with Crippen molar-refractivity contribution in [3.8, 4) is 0 Å². The first kappa shape index (κ1) is 12.2. The van der Waals surface area contributed by atoms with E-state index in [4.69, 9.17) is 0 Å².